The van der Waals surface area contributed by atoms with E-state index in [9.17, 15) is 8.78 Å². The second-order valence-corrected chi connectivity index (χ2v) is 2.83. The van der Waals surface area contributed by atoms with Gasteiger partial charge in [-0.3, -0.25) is 0 Å². The third kappa shape index (κ3) is 1.86. The number of halogens is 3. The molecule has 14 heavy (non-hydrogen) atoms. The van der Waals surface area contributed by atoms with Crippen LogP contribution < -0.4 is 0 Å². The quantitative estimate of drug-likeness (QED) is 0.786. The van der Waals surface area contributed by atoms with Gasteiger partial charge in [0.25, 0.3) is 6.43 Å². The Morgan fingerprint density at radius 3 is 2.64 bits per heavy atom. The van der Waals surface area contributed by atoms with E-state index in [0.717, 1.165) is 4.68 Å². The molecule has 0 saturated heterocycles. The first-order valence-corrected chi connectivity index (χ1v) is 4.07. The topological polar surface area (TPSA) is 38.0 Å². The van der Waals surface area contributed by atoms with Crippen molar-refractivity contribution in [1.29, 1.82) is 0 Å². The summed E-state index contributed by atoms with van der Waals surface area (Å²) in [4.78, 5) is 0. The standard InChI is InChI=1S/C8H7ClF2N2O/c1-2-3-13-7(9)5(4-14)6(12-13)8(10)11/h1,8,14H,3-4H2. The lowest BCUT2D eigenvalue weighted by atomic mass is 10.3. The summed E-state index contributed by atoms with van der Waals surface area (Å²) in [5, 5.41) is 12.3. The molecular formula is C8H7ClF2N2O. The molecule has 3 nitrogen and oxygen atoms in total. The summed E-state index contributed by atoms with van der Waals surface area (Å²) in [6.07, 6.45) is 2.22. The van der Waals surface area contributed by atoms with Crippen LogP contribution >= 0.6 is 11.6 Å². The summed E-state index contributed by atoms with van der Waals surface area (Å²) in [5.74, 6) is 2.22. The molecule has 0 radical (unpaired) electrons. The van der Waals surface area contributed by atoms with Gasteiger partial charge in [0.15, 0.2) is 0 Å². The van der Waals surface area contributed by atoms with Crippen molar-refractivity contribution in [2.24, 2.45) is 0 Å². The molecule has 0 unspecified atom stereocenters. The molecule has 0 atom stereocenters. The number of hydrogen-bond acceptors (Lipinski definition) is 2. The second-order valence-electron chi connectivity index (χ2n) is 2.48. The number of aliphatic hydroxyl groups excluding tert-OH is 1. The van der Waals surface area contributed by atoms with E-state index >= 15 is 0 Å². The van der Waals surface area contributed by atoms with E-state index in [1.54, 1.807) is 0 Å². The van der Waals surface area contributed by atoms with Crippen LogP contribution in [0.4, 0.5) is 8.78 Å². The molecule has 1 aromatic heterocycles. The molecule has 1 rings (SSSR count). The van der Waals surface area contributed by atoms with E-state index in [2.05, 4.69) is 11.0 Å². The number of rotatable bonds is 3. The van der Waals surface area contributed by atoms with Gasteiger partial charge in [-0.1, -0.05) is 17.5 Å². The van der Waals surface area contributed by atoms with Gasteiger partial charge in [0.05, 0.1) is 6.61 Å². The van der Waals surface area contributed by atoms with Gasteiger partial charge < -0.3 is 5.11 Å². The average Bonchev–Trinajstić information content (AvgIpc) is 2.44. The van der Waals surface area contributed by atoms with Gasteiger partial charge >= 0.3 is 0 Å². The molecule has 0 aliphatic heterocycles. The molecule has 0 aromatic carbocycles. The minimum absolute atomic E-state index is 0.00144. The van der Waals surface area contributed by atoms with Crippen LogP contribution in [0.2, 0.25) is 5.15 Å². The molecule has 6 heteroatoms. The maximum Gasteiger partial charge on any atom is 0.282 e. The number of aromatic nitrogens is 2. The predicted octanol–water partition coefficient (Wildman–Crippen LogP) is 1.60. The lowest BCUT2D eigenvalue weighted by molar-refractivity contribution is 0.141. The highest BCUT2D eigenvalue weighted by molar-refractivity contribution is 6.30. The van der Waals surface area contributed by atoms with E-state index in [-0.39, 0.29) is 17.3 Å². The van der Waals surface area contributed by atoms with Crippen LogP contribution in [0.3, 0.4) is 0 Å². The Labute approximate surface area is 84.3 Å². The Balaban J connectivity index is 3.19. The second kappa shape index (κ2) is 4.40. The van der Waals surface area contributed by atoms with Crippen LogP contribution in [0.1, 0.15) is 17.7 Å². The molecule has 0 amide bonds. The molecule has 0 aliphatic carbocycles. The average molecular weight is 221 g/mol. The van der Waals surface area contributed by atoms with Gasteiger partial charge in [0.1, 0.15) is 17.4 Å². The third-order valence-electron chi connectivity index (χ3n) is 1.62. The van der Waals surface area contributed by atoms with Crippen molar-refractivity contribution in [2.75, 3.05) is 0 Å². The lowest BCUT2D eigenvalue weighted by Crippen LogP contribution is -1.98. The number of nitrogens with zero attached hydrogens (tertiary/aromatic N) is 2. The molecule has 0 bridgehead atoms. The molecule has 1 aromatic rings. The first-order valence-electron chi connectivity index (χ1n) is 3.69. The molecule has 1 heterocycles. The number of hydrogen-bond donors (Lipinski definition) is 1. The van der Waals surface area contributed by atoms with E-state index in [1.165, 1.54) is 0 Å². The molecule has 76 valence electrons. The molecule has 0 spiro atoms. The van der Waals surface area contributed by atoms with Gasteiger partial charge in [0, 0.05) is 5.56 Å². The van der Waals surface area contributed by atoms with Crippen molar-refractivity contribution in [3.05, 3.63) is 16.4 Å². The Morgan fingerprint density at radius 2 is 2.29 bits per heavy atom. The molecule has 0 saturated carbocycles. The lowest BCUT2D eigenvalue weighted by Gasteiger charge is -1.96. The smallest absolute Gasteiger partial charge is 0.282 e. The number of terminal acetylenes is 1. The third-order valence-corrected chi connectivity index (χ3v) is 2.04. The van der Waals surface area contributed by atoms with E-state index < -0.39 is 18.7 Å². The highest BCUT2D eigenvalue weighted by Gasteiger charge is 2.21. The Hall–Kier alpha value is -1.12. The molecule has 0 aliphatic rings. The first kappa shape index (κ1) is 11.0. The predicted molar refractivity (Wildman–Crippen MR) is 46.9 cm³/mol. The fraction of sp³-hybridized carbons (Fsp3) is 0.375. The minimum atomic E-state index is -2.77. The minimum Gasteiger partial charge on any atom is -0.391 e. The van der Waals surface area contributed by atoms with Crippen molar-refractivity contribution < 1.29 is 13.9 Å². The van der Waals surface area contributed by atoms with Crippen molar-refractivity contribution in [3.63, 3.8) is 0 Å². The zero-order valence-electron chi connectivity index (χ0n) is 7.04. The van der Waals surface area contributed by atoms with Gasteiger partial charge in [-0.2, -0.15) is 5.10 Å². The van der Waals surface area contributed by atoms with Gasteiger partial charge in [-0.05, 0) is 0 Å². The van der Waals surface area contributed by atoms with Crippen molar-refractivity contribution in [3.8, 4) is 12.3 Å². The fourth-order valence-corrected chi connectivity index (χ4v) is 1.26. The maximum absolute atomic E-state index is 12.4. The van der Waals surface area contributed by atoms with Crippen LogP contribution in [0.25, 0.3) is 0 Å². The zero-order valence-corrected chi connectivity index (χ0v) is 7.80. The van der Waals surface area contributed by atoms with Crippen LogP contribution in [0, 0.1) is 12.3 Å². The first-order chi connectivity index (χ1) is 6.61. The van der Waals surface area contributed by atoms with E-state index in [4.69, 9.17) is 23.1 Å². The SMILES string of the molecule is C#CCn1nc(C(F)F)c(CO)c1Cl. The van der Waals surface area contributed by atoms with Crippen LogP contribution in [0.5, 0.6) is 0 Å². The highest BCUT2D eigenvalue weighted by Crippen LogP contribution is 2.27. The molecule has 0 fully saturated rings. The highest BCUT2D eigenvalue weighted by atomic mass is 35.5. The Bertz CT molecular complexity index is 370. The summed E-state index contributed by atoms with van der Waals surface area (Å²) in [7, 11) is 0. The maximum atomic E-state index is 12.4. The Morgan fingerprint density at radius 1 is 1.64 bits per heavy atom. The normalized spacial score (nSPS) is 10.6. The van der Waals surface area contributed by atoms with Crippen molar-refractivity contribution in [2.45, 2.75) is 19.6 Å². The van der Waals surface area contributed by atoms with Crippen LogP contribution in [0.15, 0.2) is 0 Å². The van der Waals surface area contributed by atoms with Gasteiger partial charge in [0.2, 0.25) is 0 Å². The fourth-order valence-electron chi connectivity index (χ4n) is 1.01. The molecule has 1 N–H and O–H groups in total. The Kier molecular flexibility index (Phi) is 3.44. The monoisotopic (exact) mass is 220 g/mol. The summed E-state index contributed by atoms with van der Waals surface area (Å²) in [5.41, 5.74) is -0.593. The van der Waals surface area contributed by atoms with E-state index in [1.807, 2.05) is 0 Å². The van der Waals surface area contributed by atoms with Gasteiger partial charge in [-0.25, -0.2) is 13.5 Å². The zero-order chi connectivity index (χ0) is 10.7. The largest absolute Gasteiger partial charge is 0.391 e. The van der Waals surface area contributed by atoms with Crippen molar-refractivity contribution in [1.82, 2.24) is 9.78 Å². The van der Waals surface area contributed by atoms with Crippen molar-refractivity contribution >= 4 is 11.6 Å². The summed E-state index contributed by atoms with van der Waals surface area (Å²) < 4.78 is 25.8. The summed E-state index contributed by atoms with van der Waals surface area (Å²) in [6.45, 7) is -0.582. The van der Waals surface area contributed by atoms with E-state index in [0.29, 0.717) is 0 Å². The van der Waals surface area contributed by atoms with Crippen LogP contribution in [-0.4, -0.2) is 14.9 Å². The van der Waals surface area contributed by atoms with Crippen LogP contribution in [-0.2, 0) is 13.2 Å². The summed E-state index contributed by atoms with van der Waals surface area (Å²) >= 11 is 5.66. The van der Waals surface area contributed by atoms with Gasteiger partial charge in [-0.15, -0.1) is 6.42 Å². The summed E-state index contributed by atoms with van der Waals surface area (Å²) in [6, 6.07) is 0. The number of alkyl halides is 2. The molecular weight excluding hydrogens is 214 g/mol. The number of aliphatic hydroxyl groups is 1.